The van der Waals surface area contributed by atoms with Crippen LogP contribution in [-0.4, -0.2) is 21.4 Å². The van der Waals surface area contributed by atoms with Crippen LogP contribution in [0.15, 0.2) is 40.9 Å². The number of benzene rings is 2. The Bertz CT molecular complexity index is 1520. The molecule has 2 fully saturated rings. The number of hydrogen-bond donors (Lipinski definition) is 1. The molecule has 37 heavy (non-hydrogen) atoms. The highest BCUT2D eigenvalue weighted by molar-refractivity contribution is 7.18. The second-order valence-electron chi connectivity index (χ2n) is 10.2. The van der Waals surface area contributed by atoms with E-state index in [4.69, 9.17) is 37.4 Å². The Morgan fingerprint density at radius 3 is 2.73 bits per heavy atom. The molecule has 2 saturated carbocycles. The molecular weight excluding hydrogens is 529 g/mol. The molecule has 2 aromatic heterocycles. The normalized spacial score (nSPS) is 27.0. The van der Waals surface area contributed by atoms with Crippen LogP contribution in [0.1, 0.15) is 48.1 Å². The molecule has 0 amide bonds. The van der Waals surface area contributed by atoms with Gasteiger partial charge in [-0.2, -0.15) is 5.26 Å². The Morgan fingerprint density at radius 2 is 2.00 bits per heavy atom. The van der Waals surface area contributed by atoms with Crippen LogP contribution in [0.25, 0.3) is 21.5 Å². The van der Waals surface area contributed by atoms with Crippen molar-refractivity contribution >= 4 is 44.8 Å². The van der Waals surface area contributed by atoms with Gasteiger partial charge in [-0.15, -0.1) is 11.3 Å². The van der Waals surface area contributed by atoms with E-state index in [-0.39, 0.29) is 17.9 Å². The molecule has 0 aliphatic heterocycles. The number of hydrogen-bond acceptors (Lipinski definition) is 7. The molecule has 6 nitrogen and oxygen atoms in total. The van der Waals surface area contributed by atoms with Crippen LogP contribution in [-0.2, 0) is 16.9 Å². The van der Waals surface area contributed by atoms with Gasteiger partial charge in [0.25, 0.3) is 0 Å². The molecule has 2 bridgehead atoms. The van der Waals surface area contributed by atoms with Crippen LogP contribution >= 0.6 is 34.5 Å². The van der Waals surface area contributed by atoms with Crippen molar-refractivity contribution in [2.45, 2.75) is 51.4 Å². The molecule has 2 aromatic carbocycles. The number of halogens is 2. The summed E-state index contributed by atoms with van der Waals surface area (Å²) in [4.78, 5) is 4.82. The second kappa shape index (κ2) is 9.37. The molecule has 5 atom stereocenters. The van der Waals surface area contributed by atoms with E-state index in [9.17, 15) is 10.4 Å². The van der Waals surface area contributed by atoms with Gasteiger partial charge in [-0.25, -0.2) is 4.98 Å². The zero-order valence-corrected chi connectivity index (χ0v) is 22.7. The summed E-state index contributed by atoms with van der Waals surface area (Å²) in [7, 11) is 0. The van der Waals surface area contributed by atoms with Gasteiger partial charge in [-0.3, -0.25) is 0 Å². The quantitative estimate of drug-likeness (QED) is 0.279. The van der Waals surface area contributed by atoms with Gasteiger partial charge in [0.2, 0.25) is 0 Å². The summed E-state index contributed by atoms with van der Waals surface area (Å²) >= 11 is 14.4. The maximum atomic E-state index is 12.1. The Balaban J connectivity index is 1.24. The minimum Gasteiger partial charge on any atom is -0.382 e. The molecule has 1 N–H and O–H groups in total. The van der Waals surface area contributed by atoms with Crippen LogP contribution in [0, 0.1) is 36.0 Å². The summed E-state index contributed by atoms with van der Waals surface area (Å²) in [6.07, 6.45) is 2.39. The van der Waals surface area contributed by atoms with E-state index in [1.54, 1.807) is 24.3 Å². The van der Waals surface area contributed by atoms with Crippen molar-refractivity contribution in [1.82, 2.24) is 10.1 Å². The molecule has 2 aliphatic carbocycles. The van der Waals surface area contributed by atoms with E-state index in [0.717, 1.165) is 40.1 Å². The SMILES string of the molecule is Cc1onc(-c2c(Cl)cccc2Cl)c1CO[C@H]1C[C@H]2C[C@H](C)[C@@H](C1)[C@]2(O)c1nc2ccc(C#N)cc2s1. The lowest BCUT2D eigenvalue weighted by Gasteiger charge is -2.41. The van der Waals surface area contributed by atoms with Crippen LogP contribution in [0.5, 0.6) is 0 Å². The number of rotatable bonds is 5. The van der Waals surface area contributed by atoms with Crippen LogP contribution < -0.4 is 0 Å². The van der Waals surface area contributed by atoms with Crippen molar-refractivity contribution in [2.75, 3.05) is 0 Å². The first-order chi connectivity index (χ1) is 17.8. The molecule has 2 aliphatic rings. The van der Waals surface area contributed by atoms with Crippen molar-refractivity contribution in [3.8, 4) is 17.3 Å². The van der Waals surface area contributed by atoms with E-state index < -0.39 is 5.60 Å². The van der Waals surface area contributed by atoms with Gasteiger partial charge in [0.1, 0.15) is 22.1 Å². The highest BCUT2D eigenvalue weighted by atomic mass is 35.5. The molecule has 2 heterocycles. The summed E-state index contributed by atoms with van der Waals surface area (Å²) in [5, 5.41) is 27.3. The Kier molecular flexibility index (Phi) is 6.29. The number of ether oxygens (including phenoxy) is 1. The fraction of sp³-hybridized carbons (Fsp3) is 0.393. The smallest absolute Gasteiger partial charge is 0.139 e. The predicted molar refractivity (Wildman–Crippen MR) is 143 cm³/mol. The number of nitrogens with zero attached hydrogens (tertiary/aromatic N) is 3. The van der Waals surface area contributed by atoms with Gasteiger partial charge >= 0.3 is 0 Å². The van der Waals surface area contributed by atoms with Crippen LogP contribution in [0.2, 0.25) is 10.0 Å². The molecule has 190 valence electrons. The third kappa shape index (κ3) is 4.07. The van der Waals surface area contributed by atoms with Crippen molar-refractivity contribution in [1.29, 1.82) is 5.26 Å². The average molecular weight is 554 g/mol. The third-order valence-corrected chi connectivity index (χ3v) is 9.89. The van der Waals surface area contributed by atoms with E-state index >= 15 is 0 Å². The van der Waals surface area contributed by atoms with Gasteiger partial charge in [-0.05, 0) is 74.3 Å². The lowest BCUT2D eigenvalue weighted by Crippen LogP contribution is -2.45. The predicted octanol–water partition coefficient (Wildman–Crippen LogP) is 7.28. The minimum absolute atomic E-state index is 0.0105. The fourth-order valence-electron chi connectivity index (χ4n) is 6.23. The minimum atomic E-state index is -0.987. The second-order valence-corrected chi connectivity index (χ2v) is 12.1. The molecule has 0 spiro atoms. The summed E-state index contributed by atoms with van der Waals surface area (Å²) in [6.45, 7) is 4.39. The third-order valence-electron chi connectivity index (χ3n) is 8.10. The van der Waals surface area contributed by atoms with E-state index in [1.807, 2.05) is 19.1 Å². The van der Waals surface area contributed by atoms with Crippen LogP contribution in [0.3, 0.4) is 0 Å². The number of fused-ring (bicyclic) bond motifs is 3. The van der Waals surface area contributed by atoms with Crippen molar-refractivity contribution in [3.05, 3.63) is 68.3 Å². The maximum Gasteiger partial charge on any atom is 0.139 e. The zero-order chi connectivity index (χ0) is 25.9. The summed E-state index contributed by atoms with van der Waals surface area (Å²) in [5.41, 5.74) is 2.51. The summed E-state index contributed by atoms with van der Waals surface area (Å²) < 4.78 is 12.9. The van der Waals surface area contributed by atoms with Crippen molar-refractivity contribution < 1.29 is 14.4 Å². The number of aryl methyl sites for hydroxylation is 1. The molecular formula is C28H25Cl2N3O3S. The van der Waals surface area contributed by atoms with E-state index in [2.05, 4.69) is 18.1 Å². The van der Waals surface area contributed by atoms with Gasteiger partial charge in [-0.1, -0.05) is 41.3 Å². The lowest BCUT2D eigenvalue weighted by molar-refractivity contribution is -0.120. The first kappa shape index (κ1) is 24.8. The van der Waals surface area contributed by atoms with Gasteiger partial charge < -0.3 is 14.4 Å². The maximum absolute atomic E-state index is 12.1. The molecule has 6 rings (SSSR count). The molecule has 9 heteroatoms. The highest BCUT2D eigenvalue weighted by Gasteiger charge is 2.59. The Hall–Kier alpha value is -2.47. The lowest BCUT2D eigenvalue weighted by atomic mass is 9.72. The monoisotopic (exact) mass is 553 g/mol. The number of nitriles is 1. The van der Waals surface area contributed by atoms with Crippen LogP contribution in [0.4, 0.5) is 0 Å². The van der Waals surface area contributed by atoms with Gasteiger partial charge in [0.05, 0.1) is 44.6 Å². The standard InChI is InChI=1S/C28H25Cl2N3O3S/c1-14-8-17-10-18(35-13-19-15(2)36-33-26(19)25-21(29)4-3-5-22(25)30)11-20(14)28(17,34)27-32-23-7-6-16(12-31)9-24(23)37-27/h3-7,9,14,17-18,20,34H,8,10-11,13H2,1-2H3/t14-,17+,18-,20+,28-/m0/s1. The topological polar surface area (TPSA) is 92.2 Å². The fourth-order valence-corrected chi connectivity index (χ4v) is 8.05. The summed E-state index contributed by atoms with van der Waals surface area (Å²) in [5.74, 6) is 1.09. The number of aromatic nitrogens is 2. The first-order valence-corrected chi connectivity index (χ1v) is 13.9. The van der Waals surface area contributed by atoms with E-state index in [1.165, 1.54) is 11.3 Å². The Morgan fingerprint density at radius 1 is 1.22 bits per heavy atom. The van der Waals surface area contributed by atoms with Crippen molar-refractivity contribution in [3.63, 3.8) is 0 Å². The summed E-state index contributed by atoms with van der Waals surface area (Å²) in [6, 6.07) is 13.0. The Labute approximate surface area is 228 Å². The molecule has 0 unspecified atom stereocenters. The molecule has 4 aromatic rings. The average Bonchev–Trinajstić information content (AvgIpc) is 3.49. The zero-order valence-electron chi connectivity index (χ0n) is 20.4. The van der Waals surface area contributed by atoms with Crippen molar-refractivity contribution in [2.24, 2.45) is 17.8 Å². The largest absolute Gasteiger partial charge is 0.382 e. The van der Waals surface area contributed by atoms with Gasteiger partial charge in [0, 0.05) is 11.1 Å². The van der Waals surface area contributed by atoms with E-state index in [0.29, 0.717) is 45.2 Å². The number of thiazole rings is 1. The highest BCUT2D eigenvalue weighted by Crippen LogP contribution is 2.59. The molecule has 0 saturated heterocycles. The van der Waals surface area contributed by atoms with Gasteiger partial charge in [0.15, 0.2) is 0 Å². The molecule has 0 radical (unpaired) electrons. The number of aliphatic hydroxyl groups is 1. The first-order valence-electron chi connectivity index (χ1n) is 12.3.